The summed E-state index contributed by atoms with van der Waals surface area (Å²) in [5.74, 6) is 0.175. The van der Waals surface area contributed by atoms with Gasteiger partial charge in [0.05, 0.1) is 0 Å². The molecule has 0 fully saturated rings. The quantitative estimate of drug-likeness (QED) is 0.825. The second-order valence-corrected chi connectivity index (χ2v) is 4.43. The fourth-order valence-electron chi connectivity index (χ4n) is 1.81. The molecule has 0 saturated carbocycles. The molecule has 2 rings (SSSR count). The van der Waals surface area contributed by atoms with Crippen LogP contribution in [0.5, 0.6) is 0 Å². The average molecular weight is 269 g/mol. The monoisotopic (exact) mass is 269 g/mol. The highest BCUT2D eigenvalue weighted by molar-refractivity contribution is 5.91. The number of carbonyl (C=O) groups excluding carboxylic acids is 1. The minimum Gasteiger partial charge on any atom is -0.399 e. The second kappa shape index (κ2) is 5.89. The van der Waals surface area contributed by atoms with E-state index < -0.39 is 0 Å². The van der Waals surface area contributed by atoms with E-state index in [0.717, 1.165) is 5.56 Å². The summed E-state index contributed by atoms with van der Waals surface area (Å²) in [4.78, 5) is 15.8. The summed E-state index contributed by atoms with van der Waals surface area (Å²) in [7, 11) is 0. The number of nitrogens with two attached hydrogens (primary N) is 1. The first-order valence-electron chi connectivity index (χ1n) is 6.17. The van der Waals surface area contributed by atoms with Gasteiger partial charge in [0.15, 0.2) is 0 Å². The van der Waals surface area contributed by atoms with E-state index in [1.807, 2.05) is 19.1 Å². The number of anilines is 2. The fraction of sp³-hybridized carbons (Fsp3) is 0.214. The van der Waals surface area contributed by atoms with E-state index in [9.17, 15) is 4.79 Å². The van der Waals surface area contributed by atoms with Crippen LogP contribution in [-0.4, -0.2) is 15.5 Å². The lowest BCUT2D eigenvalue weighted by Gasteiger charge is -2.09. The summed E-state index contributed by atoms with van der Waals surface area (Å²) in [5.41, 5.74) is 7.96. The summed E-state index contributed by atoms with van der Waals surface area (Å²) in [6.07, 6.45) is 3.48. The molecule has 1 aromatic carbocycles. The first kappa shape index (κ1) is 13.6. The van der Waals surface area contributed by atoms with Crippen LogP contribution in [0.15, 0.2) is 30.6 Å². The Bertz CT molecular complexity index is 668. The number of amides is 1. The van der Waals surface area contributed by atoms with E-state index in [0.29, 0.717) is 23.7 Å². The third-order valence-corrected chi connectivity index (χ3v) is 2.93. The second-order valence-electron chi connectivity index (χ2n) is 4.43. The van der Waals surface area contributed by atoms with Gasteiger partial charge in [-0.3, -0.25) is 4.79 Å². The van der Waals surface area contributed by atoms with E-state index >= 15 is 0 Å². The molecule has 102 valence electrons. The Morgan fingerprint density at radius 2 is 2.35 bits per heavy atom. The van der Waals surface area contributed by atoms with Gasteiger partial charge in [0.2, 0.25) is 11.7 Å². The highest BCUT2D eigenvalue weighted by Gasteiger charge is 2.07. The van der Waals surface area contributed by atoms with Crippen LogP contribution in [0, 0.1) is 18.3 Å². The average Bonchev–Trinajstić information content (AvgIpc) is 2.88. The van der Waals surface area contributed by atoms with Gasteiger partial charge in [-0.05, 0) is 24.6 Å². The number of nitrogens with one attached hydrogen (secondary N) is 1. The molecule has 0 atom stereocenters. The van der Waals surface area contributed by atoms with E-state index in [1.165, 1.54) is 0 Å². The third kappa shape index (κ3) is 3.14. The highest BCUT2D eigenvalue weighted by Crippen LogP contribution is 2.18. The van der Waals surface area contributed by atoms with E-state index in [4.69, 9.17) is 11.0 Å². The molecule has 2 aromatic rings. The van der Waals surface area contributed by atoms with Crippen molar-refractivity contribution in [2.24, 2.45) is 0 Å². The molecule has 0 radical (unpaired) electrons. The molecular formula is C14H15N5O. The molecule has 1 amide bonds. The van der Waals surface area contributed by atoms with Gasteiger partial charge in [-0.2, -0.15) is 5.26 Å². The SMILES string of the molecule is Cc1ccc(N)cc1NC(=O)CCn1ccnc1C#N. The lowest BCUT2D eigenvalue weighted by Crippen LogP contribution is -2.15. The summed E-state index contributed by atoms with van der Waals surface area (Å²) < 4.78 is 1.64. The molecule has 6 nitrogen and oxygen atoms in total. The van der Waals surface area contributed by atoms with Crippen LogP contribution >= 0.6 is 0 Å². The minimum absolute atomic E-state index is 0.128. The maximum atomic E-state index is 11.9. The lowest BCUT2D eigenvalue weighted by molar-refractivity contribution is -0.116. The van der Waals surface area contributed by atoms with Crippen molar-refractivity contribution < 1.29 is 4.79 Å². The summed E-state index contributed by atoms with van der Waals surface area (Å²) >= 11 is 0. The number of carbonyl (C=O) groups is 1. The topological polar surface area (TPSA) is 96.7 Å². The largest absolute Gasteiger partial charge is 0.399 e. The fourth-order valence-corrected chi connectivity index (χ4v) is 1.81. The number of aromatic nitrogens is 2. The van der Waals surface area contributed by atoms with Gasteiger partial charge in [0.1, 0.15) is 6.07 Å². The molecule has 0 bridgehead atoms. The normalized spacial score (nSPS) is 10.0. The maximum Gasteiger partial charge on any atom is 0.226 e. The molecule has 0 unspecified atom stereocenters. The van der Waals surface area contributed by atoms with Crippen molar-refractivity contribution in [1.29, 1.82) is 5.26 Å². The number of nitrogen functional groups attached to an aromatic ring is 1. The Labute approximate surface area is 116 Å². The standard InChI is InChI=1S/C14H15N5O/c1-10-2-3-11(16)8-12(10)18-14(20)4-6-19-7-5-17-13(19)9-15/h2-3,5,7-8H,4,6,16H2,1H3,(H,18,20). The number of imidazole rings is 1. The van der Waals surface area contributed by atoms with Crippen LogP contribution in [0.2, 0.25) is 0 Å². The molecule has 6 heteroatoms. The maximum absolute atomic E-state index is 11.9. The Morgan fingerprint density at radius 1 is 1.55 bits per heavy atom. The van der Waals surface area contributed by atoms with Gasteiger partial charge < -0.3 is 15.6 Å². The van der Waals surface area contributed by atoms with Crippen molar-refractivity contribution in [2.75, 3.05) is 11.1 Å². The Balaban J connectivity index is 1.96. The van der Waals surface area contributed by atoms with E-state index in [2.05, 4.69) is 10.3 Å². The van der Waals surface area contributed by atoms with Gasteiger partial charge in [-0.25, -0.2) is 4.98 Å². The van der Waals surface area contributed by atoms with Crippen molar-refractivity contribution in [3.8, 4) is 6.07 Å². The van der Waals surface area contributed by atoms with Crippen molar-refractivity contribution in [3.05, 3.63) is 42.0 Å². The van der Waals surface area contributed by atoms with Crippen molar-refractivity contribution in [3.63, 3.8) is 0 Å². The number of hydrogen-bond acceptors (Lipinski definition) is 4. The van der Waals surface area contributed by atoms with Gasteiger partial charge in [-0.1, -0.05) is 6.07 Å². The Hall–Kier alpha value is -2.81. The van der Waals surface area contributed by atoms with Crippen LogP contribution in [0.25, 0.3) is 0 Å². The van der Waals surface area contributed by atoms with Gasteiger partial charge >= 0.3 is 0 Å². The van der Waals surface area contributed by atoms with Crippen LogP contribution in [-0.2, 0) is 11.3 Å². The Kier molecular flexibility index (Phi) is 4.01. The number of aryl methyl sites for hydroxylation is 2. The number of hydrogen-bond donors (Lipinski definition) is 2. The van der Waals surface area contributed by atoms with Crippen molar-refractivity contribution in [2.45, 2.75) is 19.9 Å². The summed E-state index contributed by atoms with van der Waals surface area (Å²) in [6, 6.07) is 7.34. The number of nitrogens with zero attached hydrogens (tertiary/aromatic N) is 3. The van der Waals surface area contributed by atoms with Crippen LogP contribution < -0.4 is 11.1 Å². The molecule has 20 heavy (non-hydrogen) atoms. The van der Waals surface area contributed by atoms with Gasteiger partial charge in [0, 0.05) is 36.7 Å². The van der Waals surface area contributed by atoms with Crippen LogP contribution in [0.4, 0.5) is 11.4 Å². The molecule has 0 aliphatic rings. The van der Waals surface area contributed by atoms with Crippen LogP contribution in [0.3, 0.4) is 0 Å². The molecule has 0 spiro atoms. The first-order chi connectivity index (χ1) is 9.60. The zero-order valence-electron chi connectivity index (χ0n) is 11.1. The minimum atomic E-state index is -0.128. The highest BCUT2D eigenvalue weighted by atomic mass is 16.1. The smallest absolute Gasteiger partial charge is 0.226 e. The number of rotatable bonds is 4. The summed E-state index contributed by atoms with van der Waals surface area (Å²) in [6.45, 7) is 2.31. The lowest BCUT2D eigenvalue weighted by atomic mass is 10.2. The van der Waals surface area contributed by atoms with E-state index in [-0.39, 0.29) is 12.3 Å². The van der Waals surface area contributed by atoms with Crippen LogP contribution in [0.1, 0.15) is 17.8 Å². The predicted molar refractivity (Wildman–Crippen MR) is 75.8 cm³/mol. The first-order valence-corrected chi connectivity index (χ1v) is 6.17. The third-order valence-electron chi connectivity index (χ3n) is 2.93. The molecule has 0 aliphatic heterocycles. The predicted octanol–water partition coefficient (Wildman–Crippen LogP) is 1.67. The zero-order chi connectivity index (χ0) is 14.5. The molecule has 3 N–H and O–H groups in total. The molecule has 0 saturated heterocycles. The number of benzene rings is 1. The molecule has 0 aliphatic carbocycles. The zero-order valence-corrected chi connectivity index (χ0v) is 11.1. The molecule has 1 heterocycles. The van der Waals surface area contributed by atoms with Crippen molar-refractivity contribution in [1.82, 2.24) is 9.55 Å². The van der Waals surface area contributed by atoms with E-state index in [1.54, 1.807) is 29.1 Å². The summed E-state index contributed by atoms with van der Waals surface area (Å²) in [5, 5.41) is 11.6. The van der Waals surface area contributed by atoms with Gasteiger partial charge in [-0.15, -0.1) is 0 Å². The molecule has 1 aromatic heterocycles. The number of nitriles is 1. The Morgan fingerprint density at radius 3 is 3.10 bits per heavy atom. The van der Waals surface area contributed by atoms with Gasteiger partial charge in [0.25, 0.3) is 0 Å². The molecular weight excluding hydrogens is 254 g/mol. The van der Waals surface area contributed by atoms with Crippen molar-refractivity contribution >= 4 is 17.3 Å².